The first-order chi connectivity index (χ1) is 11.9. The molecular weight excluding hydrogens is 314 g/mol. The molecule has 4 heteroatoms. The number of carbonyl (C=O) groups excluding carboxylic acids is 2. The number of hydrogen-bond donors (Lipinski definition) is 0. The molecule has 0 N–H and O–H groups in total. The highest BCUT2D eigenvalue weighted by atomic mass is 16.5. The molecule has 2 aromatic carbocycles. The van der Waals surface area contributed by atoms with Crippen LogP contribution in [0.25, 0.3) is 0 Å². The van der Waals surface area contributed by atoms with Gasteiger partial charge >= 0.3 is 0 Å². The van der Waals surface area contributed by atoms with Crippen molar-refractivity contribution in [3.63, 3.8) is 0 Å². The minimum atomic E-state index is -0.0265. The molecule has 2 aromatic rings. The van der Waals surface area contributed by atoms with Crippen molar-refractivity contribution in [2.45, 2.75) is 39.8 Å². The molecule has 0 aliphatic carbocycles. The summed E-state index contributed by atoms with van der Waals surface area (Å²) in [5.74, 6) is 0.612. The molecule has 0 saturated heterocycles. The van der Waals surface area contributed by atoms with Crippen LogP contribution in [0.3, 0.4) is 0 Å². The summed E-state index contributed by atoms with van der Waals surface area (Å²) < 4.78 is 5.36. The number of ketones is 1. The lowest BCUT2D eigenvalue weighted by Crippen LogP contribution is -2.37. The van der Waals surface area contributed by atoms with Gasteiger partial charge in [0.2, 0.25) is 5.91 Å². The van der Waals surface area contributed by atoms with Crippen LogP contribution >= 0.6 is 0 Å². The lowest BCUT2D eigenvalue weighted by molar-refractivity contribution is -0.132. The Bertz CT molecular complexity index is 738. The van der Waals surface area contributed by atoms with Gasteiger partial charge in [-0.05, 0) is 44.5 Å². The normalized spacial score (nSPS) is 10.6. The summed E-state index contributed by atoms with van der Waals surface area (Å²) in [7, 11) is 1.57. The van der Waals surface area contributed by atoms with Crippen molar-refractivity contribution >= 4 is 11.7 Å². The van der Waals surface area contributed by atoms with Crippen LogP contribution in [0, 0.1) is 0 Å². The number of rotatable bonds is 7. The van der Waals surface area contributed by atoms with E-state index in [4.69, 9.17) is 4.74 Å². The third-order valence-electron chi connectivity index (χ3n) is 4.17. The van der Waals surface area contributed by atoms with Crippen molar-refractivity contribution in [1.82, 2.24) is 4.90 Å². The van der Waals surface area contributed by atoms with Gasteiger partial charge in [0.15, 0.2) is 5.78 Å². The Morgan fingerprint density at radius 1 is 1.08 bits per heavy atom. The zero-order chi connectivity index (χ0) is 18.4. The number of methoxy groups -OCH3 is 1. The van der Waals surface area contributed by atoms with Gasteiger partial charge in [-0.15, -0.1) is 0 Å². The molecule has 4 nitrogen and oxygen atoms in total. The van der Waals surface area contributed by atoms with Crippen molar-refractivity contribution < 1.29 is 14.3 Å². The predicted molar refractivity (Wildman–Crippen MR) is 98.8 cm³/mol. The fourth-order valence-electron chi connectivity index (χ4n) is 2.74. The molecular formula is C21H25NO3. The predicted octanol–water partition coefficient (Wildman–Crippen LogP) is 3.88. The van der Waals surface area contributed by atoms with Gasteiger partial charge in [-0.2, -0.15) is 0 Å². The summed E-state index contributed by atoms with van der Waals surface area (Å²) in [5.41, 5.74) is 2.41. The molecule has 1 amide bonds. The van der Waals surface area contributed by atoms with Crippen LogP contribution in [0.2, 0.25) is 0 Å². The highest BCUT2D eigenvalue weighted by Gasteiger charge is 2.20. The fraction of sp³-hybridized carbons (Fsp3) is 0.333. The van der Waals surface area contributed by atoms with E-state index in [0.717, 1.165) is 11.1 Å². The van der Waals surface area contributed by atoms with Gasteiger partial charge in [-0.1, -0.05) is 30.3 Å². The zero-order valence-corrected chi connectivity index (χ0v) is 15.3. The van der Waals surface area contributed by atoms with Crippen molar-refractivity contribution in [2.75, 3.05) is 7.11 Å². The van der Waals surface area contributed by atoms with Gasteiger partial charge in [-0.25, -0.2) is 0 Å². The van der Waals surface area contributed by atoms with Crippen LogP contribution in [-0.4, -0.2) is 29.7 Å². The highest BCUT2D eigenvalue weighted by molar-refractivity contribution is 5.94. The Balaban J connectivity index is 2.23. The van der Waals surface area contributed by atoms with Crippen LogP contribution in [0.4, 0.5) is 0 Å². The van der Waals surface area contributed by atoms with Gasteiger partial charge in [0.25, 0.3) is 0 Å². The van der Waals surface area contributed by atoms with Crippen molar-refractivity contribution in [3.8, 4) is 5.75 Å². The molecule has 0 saturated carbocycles. The van der Waals surface area contributed by atoms with E-state index < -0.39 is 0 Å². The van der Waals surface area contributed by atoms with E-state index in [1.165, 1.54) is 6.92 Å². The second kappa shape index (κ2) is 8.47. The van der Waals surface area contributed by atoms with E-state index in [9.17, 15) is 9.59 Å². The molecule has 0 aromatic heterocycles. The van der Waals surface area contributed by atoms with Crippen LogP contribution in [0.1, 0.15) is 42.3 Å². The Morgan fingerprint density at radius 2 is 1.76 bits per heavy atom. The zero-order valence-electron chi connectivity index (χ0n) is 15.3. The third kappa shape index (κ3) is 4.92. The molecule has 0 spiro atoms. The minimum Gasteiger partial charge on any atom is -0.496 e. The van der Waals surface area contributed by atoms with Gasteiger partial charge in [0.1, 0.15) is 5.75 Å². The molecule has 0 fully saturated rings. The Kier molecular flexibility index (Phi) is 6.34. The van der Waals surface area contributed by atoms with Gasteiger partial charge in [0, 0.05) is 23.7 Å². The fourth-order valence-corrected chi connectivity index (χ4v) is 2.74. The number of ether oxygens (including phenoxy) is 1. The van der Waals surface area contributed by atoms with Crippen LogP contribution in [-0.2, 0) is 17.8 Å². The van der Waals surface area contributed by atoms with Crippen LogP contribution in [0.15, 0.2) is 48.5 Å². The quantitative estimate of drug-likeness (QED) is 0.719. The van der Waals surface area contributed by atoms with Crippen molar-refractivity contribution in [1.29, 1.82) is 0 Å². The molecule has 0 unspecified atom stereocenters. The summed E-state index contributed by atoms with van der Waals surface area (Å²) in [5, 5.41) is 0. The third-order valence-corrected chi connectivity index (χ3v) is 4.17. The monoisotopic (exact) mass is 339 g/mol. The minimum absolute atomic E-state index is 0.0119. The molecule has 2 rings (SSSR count). The van der Waals surface area contributed by atoms with Gasteiger partial charge in [0.05, 0.1) is 13.5 Å². The molecule has 132 valence electrons. The van der Waals surface area contributed by atoms with Crippen molar-refractivity contribution in [2.24, 2.45) is 0 Å². The maximum absolute atomic E-state index is 12.9. The summed E-state index contributed by atoms with van der Waals surface area (Å²) in [6, 6.07) is 15.2. The summed E-state index contributed by atoms with van der Waals surface area (Å²) in [6.07, 6.45) is 0.204. The molecule has 0 aliphatic heterocycles. The molecule has 0 bridgehead atoms. The lowest BCUT2D eigenvalue weighted by atomic mass is 10.0. The van der Waals surface area contributed by atoms with Gasteiger partial charge in [-0.3, -0.25) is 9.59 Å². The summed E-state index contributed by atoms with van der Waals surface area (Å²) >= 11 is 0. The van der Waals surface area contributed by atoms with Crippen molar-refractivity contribution in [3.05, 3.63) is 65.2 Å². The first-order valence-electron chi connectivity index (χ1n) is 8.43. The highest BCUT2D eigenvalue weighted by Crippen LogP contribution is 2.22. The van der Waals surface area contributed by atoms with Gasteiger partial charge < -0.3 is 9.64 Å². The van der Waals surface area contributed by atoms with E-state index >= 15 is 0 Å². The maximum atomic E-state index is 12.9. The number of benzene rings is 2. The van der Waals surface area contributed by atoms with Crippen LogP contribution in [0.5, 0.6) is 5.75 Å². The van der Waals surface area contributed by atoms with E-state index in [-0.39, 0.29) is 24.2 Å². The number of carbonyl (C=O) groups is 2. The topological polar surface area (TPSA) is 46.6 Å². The number of Topliss-reactive ketones (excluding diaryl/α,β-unsaturated/α-hetero) is 1. The molecule has 0 atom stereocenters. The first-order valence-corrected chi connectivity index (χ1v) is 8.43. The van der Waals surface area contributed by atoms with Crippen LogP contribution < -0.4 is 4.74 Å². The average molecular weight is 339 g/mol. The number of hydrogen-bond acceptors (Lipinski definition) is 3. The SMILES string of the molecule is COc1ccc(C(C)=O)cc1CC(=O)N(Cc1ccccc1)C(C)C. The number of nitrogens with zero attached hydrogens (tertiary/aromatic N) is 1. The number of amides is 1. The van der Waals surface area contributed by atoms with E-state index in [0.29, 0.717) is 17.9 Å². The van der Waals surface area contributed by atoms with E-state index in [1.807, 2.05) is 49.1 Å². The molecule has 0 aliphatic rings. The average Bonchev–Trinajstić information content (AvgIpc) is 2.60. The smallest absolute Gasteiger partial charge is 0.227 e. The maximum Gasteiger partial charge on any atom is 0.227 e. The van der Waals surface area contributed by atoms with E-state index in [2.05, 4.69) is 0 Å². The molecule has 0 radical (unpaired) electrons. The standard InChI is InChI=1S/C21H25NO3/c1-15(2)22(14-17-8-6-5-7-9-17)21(24)13-19-12-18(16(3)23)10-11-20(19)25-4/h5-12,15H,13-14H2,1-4H3. The summed E-state index contributed by atoms with van der Waals surface area (Å²) in [6.45, 7) is 6.09. The first kappa shape index (κ1) is 18.7. The lowest BCUT2D eigenvalue weighted by Gasteiger charge is -2.27. The Morgan fingerprint density at radius 3 is 2.32 bits per heavy atom. The second-order valence-electron chi connectivity index (χ2n) is 6.36. The molecule has 0 heterocycles. The molecule has 25 heavy (non-hydrogen) atoms. The summed E-state index contributed by atoms with van der Waals surface area (Å²) in [4.78, 5) is 26.4. The largest absolute Gasteiger partial charge is 0.496 e. The second-order valence-corrected chi connectivity index (χ2v) is 6.36. The Hall–Kier alpha value is -2.62. The Labute approximate surface area is 149 Å². The van der Waals surface area contributed by atoms with E-state index in [1.54, 1.807) is 25.3 Å².